The third-order valence-electron chi connectivity index (χ3n) is 1.50. The first-order chi connectivity index (χ1) is 5.85. The molecule has 0 radical (unpaired) electrons. The van der Waals surface area contributed by atoms with E-state index < -0.39 is 0 Å². The summed E-state index contributed by atoms with van der Waals surface area (Å²) in [6.45, 7) is 3.63. The molecular weight excluding hydrogens is 148 g/mol. The SMILES string of the molecule is C=CC(CC#N)CC=CCC#N. The van der Waals surface area contributed by atoms with Crippen molar-refractivity contribution in [3.05, 3.63) is 24.8 Å². The number of hydrogen-bond donors (Lipinski definition) is 0. The Morgan fingerprint density at radius 3 is 2.50 bits per heavy atom. The van der Waals surface area contributed by atoms with Crippen LogP contribution in [-0.4, -0.2) is 0 Å². The molecular formula is C10H12N2. The third-order valence-corrected chi connectivity index (χ3v) is 1.50. The highest BCUT2D eigenvalue weighted by Crippen LogP contribution is 2.09. The van der Waals surface area contributed by atoms with Gasteiger partial charge >= 0.3 is 0 Å². The van der Waals surface area contributed by atoms with Crippen LogP contribution >= 0.6 is 0 Å². The highest BCUT2D eigenvalue weighted by atomic mass is 14.2. The van der Waals surface area contributed by atoms with E-state index in [0.717, 1.165) is 6.42 Å². The summed E-state index contributed by atoms with van der Waals surface area (Å²) < 4.78 is 0. The minimum absolute atomic E-state index is 0.227. The van der Waals surface area contributed by atoms with Gasteiger partial charge in [-0.15, -0.1) is 6.58 Å². The largest absolute Gasteiger partial charge is 0.198 e. The molecule has 0 saturated carbocycles. The number of nitrogens with zero attached hydrogens (tertiary/aromatic N) is 2. The van der Waals surface area contributed by atoms with E-state index in [0.29, 0.717) is 12.8 Å². The molecule has 0 aromatic carbocycles. The molecule has 1 unspecified atom stereocenters. The number of allylic oxidation sites excluding steroid dienone is 3. The van der Waals surface area contributed by atoms with Gasteiger partial charge in [0.15, 0.2) is 0 Å². The minimum atomic E-state index is 0.227. The summed E-state index contributed by atoms with van der Waals surface area (Å²) in [6.07, 6.45) is 7.26. The van der Waals surface area contributed by atoms with Gasteiger partial charge in [-0.05, 0) is 12.3 Å². The molecule has 2 nitrogen and oxygen atoms in total. The molecule has 12 heavy (non-hydrogen) atoms. The maximum Gasteiger partial charge on any atom is 0.0663 e. The molecule has 0 bridgehead atoms. The second kappa shape index (κ2) is 7.57. The second-order valence-electron chi connectivity index (χ2n) is 2.43. The summed E-state index contributed by atoms with van der Waals surface area (Å²) in [4.78, 5) is 0. The summed E-state index contributed by atoms with van der Waals surface area (Å²) in [6, 6.07) is 4.10. The molecule has 0 amide bonds. The monoisotopic (exact) mass is 160 g/mol. The lowest BCUT2D eigenvalue weighted by molar-refractivity contribution is 0.683. The van der Waals surface area contributed by atoms with Crippen LogP contribution < -0.4 is 0 Å². The van der Waals surface area contributed by atoms with Gasteiger partial charge in [0.25, 0.3) is 0 Å². The van der Waals surface area contributed by atoms with Crippen LogP contribution in [0.25, 0.3) is 0 Å². The van der Waals surface area contributed by atoms with Gasteiger partial charge in [0.05, 0.1) is 18.6 Å². The van der Waals surface area contributed by atoms with Crippen molar-refractivity contribution in [2.45, 2.75) is 19.3 Å². The Morgan fingerprint density at radius 2 is 2.00 bits per heavy atom. The summed E-state index contributed by atoms with van der Waals surface area (Å²) in [7, 11) is 0. The normalized spacial score (nSPS) is 11.8. The van der Waals surface area contributed by atoms with E-state index in [1.165, 1.54) is 0 Å². The van der Waals surface area contributed by atoms with E-state index in [9.17, 15) is 0 Å². The highest BCUT2D eigenvalue weighted by Gasteiger charge is 1.98. The first-order valence-corrected chi connectivity index (χ1v) is 3.86. The summed E-state index contributed by atoms with van der Waals surface area (Å²) in [5.74, 6) is 0.227. The zero-order valence-corrected chi connectivity index (χ0v) is 7.03. The number of nitriles is 2. The van der Waals surface area contributed by atoms with Crippen LogP contribution in [0.1, 0.15) is 19.3 Å². The van der Waals surface area contributed by atoms with Crippen LogP contribution in [0.15, 0.2) is 24.8 Å². The Labute approximate surface area is 73.4 Å². The summed E-state index contributed by atoms with van der Waals surface area (Å²) >= 11 is 0. The average Bonchev–Trinajstić information content (AvgIpc) is 2.10. The van der Waals surface area contributed by atoms with Crippen molar-refractivity contribution in [1.29, 1.82) is 10.5 Å². The fourth-order valence-electron chi connectivity index (χ4n) is 0.787. The Balaban J connectivity index is 3.67. The van der Waals surface area contributed by atoms with Crippen LogP contribution in [0.4, 0.5) is 0 Å². The van der Waals surface area contributed by atoms with Gasteiger partial charge in [-0.2, -0.15) is 10.5 Å². The van der Waals surface area contributed by atoms with Gasteiger partial charge in [0.2, 0.25) is 0 Å². The summed E-state index contributed by atoms with van der Waals surface area (Å²) in [5.41, 5.74) is 0. The van der Waals surface area contributed by atoms with E-state index in [1.807, 2.05) is 18.2 Å². The van der Waals surface area contributed by atoms with Gasteiger partial charge < -0.3 is 0 Å². The topological polar surface area (TPSA) is 47.6 Å². The van der Waals surface area contributed by atoms with Crippen LogP contribution in [0.2, 0.25) is 0 Å². The minimum Gasteiger partial charge on any atom is -0.198 e. The lowest BCUT2D eigenvalue weighted by Gasteiger charge is -2.01. The highest BCUT2D eigenvalue weighted by molar-refractivity contribution is 4.96. The molecule has 0 aliphatic heterocycles. The van der Waals surface area contributed by atoms with Crippen molar-refractivity contribution < 1.29 is 0 Å². The number of hydrogen-bond acceptors (Lipinski definition) is 2. The first-order valence-electron chi connectivity index (χ1n) is 3.86. The Morgan fingerprint density at radius 1 is 1.25 bits per heavy atom. The first kappa shape index (κ1) is 10.5. The number of rotatable bonds is 5. The molecule has 0 fully saturated rings. The quantitative estimate of drug-likeness (QED) is 0.580. The average molecular weight is 160 g/mol. The van der Waals surface area contributed by atoms with E-state index in [4.69, 9.17) is 10.5 Å². The standard InChI is InChI=1S/C10H12N2/c1-2-10(7-9-12)6-4-3-5-8-11/h2-4,10H,1,5-7H2. The van der Waals surface area contributed by atoms with E-state index in [-0.39, 0.29) is 5.92 Å². The molecule has 0 aromatic heterocycles. The Hall–Kier alpha value is -1.54. The maximum absolute atomic E-state index is 8.40. The van der Waals surface area contributed by atoms with Gasteiger partial charge in [-0.3, -0.25) is 0 Å². The van der Waals surface area contributed by atoms with Crippen molar-refractivity contribution in [1.82, 2.24) is 0 Å². The van der Waals surface area contributed by atoms with E-state index >= 15 is 0 Å². The molecule has 0 aromatic rings. The van der Waals surface area contributed by atoms with Crippen molar-refractivity contribution >= 4 is 0 Å². The third kappa shape index (κ3) is 5.26. The predicted molar refractivity (Wildman–Crippen MR) is 47.9 cm³/mol. The molecule has 0 aliphatic rings. The van der Waals surface area contributed by atoms with Gasteiger partial charge in [0.1, 0.15) is 0 Å². The Bertz CT molecular complexity index is 227. The van der Waals surface area contributed by atoms with E-state index in [1.54, 1.807) is 6.08 Å². The fourth-order valence-corrected chi connectivity index (χ4v) is 0.787. The van der Waals surface area contributed by atoms with Gasteiger partial charge in [-0.1, -0.05) is 18.2 Å². The smallest absolute Gasteiger partial charge is 0.0663 e. The zero-order chi connectivity index (χ0) is 9.23. The van der Waals surface area contributed by atoms with Crippen LogP contribution in [-0.2, 0) is 0 Å². The lowest BCUT2D eigenvalue weighted by Crippen LogP contribution is -1.91. The van der Waals surface area contributed by atoms with Gasteiger partial charge in [0, 0.05) is 6.42 Å². The van der Waals surface area contributed by atoms with Crippen molar-refractivity contribution in [3.63, 3.8) is 0 Å². The van der Waals surface area contributed by atoms with Crippen molar-refractivity contribution in [2.24, 2.45) is 5.92 Å². The molecule has 0 spiro atoms. The summed E-state index contributed by atoms with van der Waals surface area (Å²) in [5, 5.41) is 16.6. The predicted octanol–water partition coefficient (Wildman–Crippen LogP) is 2.56. The van der Waals surface area contributed by atoms with Gasteiger partial charge in [-0.25, -0.2) is 0 Å². The van der Waals surface area contributed by atoms with E-state index in [2.05, 4.69) is 12.6 Å². The van der Waals surface area contributed by atoms with Crippen molar-refractivity contribution in [3.8, 4) is 12.1 Å². The molecule has 0 rings (SSSR count). The zero-order valence-electron chi connectivity index (χ0n) is 7.03. The lowest BCUT2D eigenvalue weighted by atomic mass is 10.0. The molecule has 0 saturated heterocycles. The molecule has 0 N–H and O–H groups in total. The molecule has 0 heterocycles. The maximum atomic E-state index is 8.40. The Kier molecular flexibility index (Phi) is 6.59. The molecule has 2 heteroatoms. The van der Waals surface area contributed by atoms with Crippen LogP contribution in [0, 0.1) is 28.6 Å². The van der Waals surface area contributed by atoms with Crippen molar-refractivity contribution in [2.75, 3.05) is 0 Å². The van der Waals surface area contributed by atoms with Crippen LogP contribution in [0.5, 0.6) is 0 Å². The van der Waals surface area contributed by atoms with Crippen LogP contribution in [0.3, 0.4) is 0 Å². The second-order valence-corrected chi connectivity index (χ2v) is 2.43. The molecule has 1 atom stereocenters. The molecule has 0 aliphatic carbocycles. The fraction of sp³-hybridized carbons (Fsp3) is 0.400. The molecule has 62 valence electrons.